The number of para-hydroxylation sites is 1. The van der Waals surface area contributed by atoms with Crippen LogP contribution in [0.4, 0.5) is 5.82 Å². The van der Waals surface area contributed by atoms with Crippen LogP contribution in [0.5, 0.6) is 0 Å². The van der Waals surface area contributed by atoms with Crippen LogP contribution in [-0.2, 0) is 31.4 Å². The topological polar surface area (TPSA) is 66.3 Å². The zero-order chi connectivity index (χ0) is 21.5. The van der Waals surface area contributed by atoms with Gasteiger partial charge in [0.1, 0.15) is 11.6 Å². The first-order valence-corrected chi connectivity index (χ1v) is 11.1. The zero-order valence-corrected chi connectivity index (χ0v) is 18.6. The van der Waals surface area contributed by atoms with Crippen molar-refractivity contribution < 1.29 is 4.79 Å². The lowest BCUT2D eigenvalue weighted by atomic mass is 10.0. The molecule has 5 rings (SSSR count). The molecule has 0 saturated carbocycles. The fraction of sp³-hybridized carbons (Fsp3) is 0.458. The summed E-state index contributed by atoms with van der Waals surface area (Å²) in [4.78, 5) is 26.0. The van der Waals surface area contributed by atoms with Gasteiger partial charge in [-0.1, -0.05) is 18.2 Å². The summed E-state index contributed by atoms with van der Waals surface area (Å²) in [6, 6.07) is 8.59. The molecule has 3 aromatic rings. The number of nitrogens with zero attached hydrogens (tertiary/aromatic N) is 5. The molecule has 7 nitrogen and oxygen atoms in total. The molecule has 1 fully saturated rings. The third kappa shape index (κ3) is 3.67. The van der Waals surface area contributed by atoms with Gasteiger partial charge in [0.25, 0.3) is 0 Å². The van der Waals surface area contributed by atoms with Crippen LogP contribution >= 0.6 is 0 Å². The van der Waals surface area contributed by atoms with Crippen molar-refractivity contribution in [3.63, 3.8) is 0 Å². The number of aromatic nitrogens is 3. The van der Waals surface area contributed by atoms with E-state index in [0.717, 1.165) is 62.9 Å². The Bertz CT molecular complexity index is 1140. The van der Waals surface area contributed by atoms with E-state index < -0.39 is 0 Å². The molecule has 1 atom stereocenters. The first-order chi connectivity index (χ1) is 15.0. The SMILES string of the molecule is CNc1nc([C@H]2CCN(C(C)=O)C2)nc2c1CCN(Cc1cn(C)c3ccccc13)C2. The molecule has 2 aromatic heterocycles. The van der Waals surface area contributed by atoms with Gasteiger partial charge >= 0.3 is 0 Å². The standard InChI is InChI=1S/C24H30N6O/c1-16(31)30-11-8-17(14-30)23-26-21-15-29(10-9-20(21)24(25-2)27-23)13-18-12-28(3)22-7-5-4-6-19(18)22/h4-7,12,17H,8-11,13-15H2,1-3H3,(H,25,26,27)/t17-/m0/s1. The number of likely N-dealkylation sites (tertiary alicyclic amines) is 1. The van der Waals surface area contributed by atoms with Crippen molar-refractivity contribution >= 4 is 22.6 Å². The molecule has 162 valence electrons. The van der Waals surface area contributed by atoms with Crippen LogP contribution in [0.15, 0.2) is 30.5 Å². The predicted molar refractivity (Wildman–Crippen MR) is 122 cm³/mol. The maximum atomic E-state index is 11.8. The fourth-order valence-corrected chi connectivity index (χ4v) is 5.08. The highest BCUT2D eigenvalue weighted by Gasteiger charge is 2.30. The van der Waals surface area contributed by atoms with E-state index in [0.29, 0.717) is 0 Å². The molecule has 1 saturated heterocycles. The Labute approximate surface area is 183 Å². The average Bonchev–Trinajstić information content (AvgIpc) is 3.39. The molecule has 0 spiro atoms. The van der Waals surface area contributed by atoms with Crippen LogP contribution in [0.1, 0.15) is 41.9 Å². The normalized spacial score (nSPS) is 19.1. The summed E-state index contributed by atoms with van der Waals surface area (Å²) in [6.45, 7) is 5.89. The van der Waals surface area contributed by atoms with E-state index in [4.69, 9.17) is 9.97 Å². The zero-order valence-electron chi connectivity index (χ0n) is 18.6. The summed E-state index contributed by atoms with van der Waals surface area (Å²) in [5.41, 5.74) is 5.00. The lowest BCUT2D eigenvalue weighted by Gasteiger charge is -2.29. The number of rotatable bonds is 4. The molecular formula is C24H30N6O. The number of hydrogen-bond donors (Lipinski definition) is 1. The van der Waals surface area contributed by atoms with Gasteiger partial charge in [0.2, 0.25) is 5.91 Å². The molecule has 0 unspecified atom stereocenters. The van der Waals surface area contributed by atoms with E-state index in [1.54, 1.807) is 6.92 Å². The van der Waals surface area contributed by atoms with Crippen LogP contribution in [0.25, 0.3) is 10.9 Å². The minimum Gasteiger partial charge on any atom is -0.373 e. The van der Waals surface area contributed by atoms with Gasteiger partial charge in [-0.2, -0.15) is 0 Å². The first-order valence-electron chi connectivity index (χ1n) is 11.1. The maximum absolute atomic E-state index is 11.8. The van der Waals surface area contributed by atoms with E-state index in [2.05, 4.69) is 52.3 Å². The number of anilines is 1. The minimum atomic E-state index is 0.135. The molecule has 1 aromatic carbocycles. The number of aryl methyl sites for hydroxylation is 1. The Morgan fingerprint density at radius 2 is 2.06 bits per heavy atom. The second kappa shape index (κ2) is 7.96. The summed E-state index contributed by atoms with van der Waals surface area (Å²) < 4.78 is 2.21. The Balaban J connectivity index is 1.40. The Morgan fingerprint density at radius 1 is 1.23 bits per heavy atom. The van der Waals surface area contributed by atoms with Crippen molar-refractivity contribution in [3.8, 4) is 0 Å². The molecule has 1 amide bonds. The molecule has 2 aliphatic heterocycles. The molecule has 31 heavy (non-hydrogen) atoms. The van der Waals surface area contributed by atoms with Crippen LogP contribution in [0.2, 0.25) is 0 Å². The van der Waals surface area contributed by atoms with E-state index >= 15 is 0 Å². The number of amides is 1. The van der Waals surface area contributed by atoms with Crippen molar-refractivity contribution in [1.29, 1.82) is 0 Å². The molecule has 4 heterocycles. The summed E-state index contributed by atoms with van der Waals surface area (Å²) in [7, 11) is 4.05. The highest BCUT2D eigenvalue weighted by molar-refractivity contribution is 5.83. The number of carbonyl (C=O) groups excluding carboxylic acids is 1. The largest absolute Gasteiger partial charge is 0.373 e. The molecule has 1 N–H and O–H groups in total. The first kappa shape index (κ1) is 20.0. The fourth-order valence-electron chi connectivity index (χ4n) is 5.08. The van der Waals surface area contributed by atoms with Crippen LogP contribution in [-0.4, -0.2) is 56.9 Å². The van der Waals surface area contributed by atoms with Crippen molar-refractivity contribution in [1.82, 2.24) is 24.3 Å². The van der Waals surface area contributed by atoms with Gasteiger partial charge in [0.05, 0.1) is 5.69 Å². The molecule has 0 radical (unpaired) electrons. The van der Waals surface area contributed by atoms with E-state index in [1.165, 1.54) is 22.0 Å². The minimum absolute atomic E-state index is 0.135. The quantitative estimate of drug-likeness (QED) is 0.706. The van der Waals surface area contributed by atoms with Crippen molar-refractivity contribution in [2.45, 2.75) is 38.8 Å². The number of nitrogens with one attached hydrogen (secondary N) is 1. The van der Waals surface area contributed by atoms with Crippen LogP contribution in [0, 0.1) is 0 Å². The summed E-state index contributed by atoms with van der Waals surface area (Å²) in [6.07, 6.45) is 4.13. The van der Waals surface area contributed by atoms with Crippen molar-refractivity contribution in [2.75, 3.05) is 32.0 Å². The number of benzene rings is 1. The number of hydrogen-bond acceptors (Lipinski definition) is 5. The average molecular weight is 419 g/mol. The highest BCUT2D eigenvalue weighted by atomic mass is 16.2. The smallest absolute Gasteiger partial charge is 0.219 e. The maximum Gasteiger partial charge on any atom is 0.219 e. The van der Waals surface area contributed by atoms with Gasteiger partial charge in [-0.05, 0) is 24.5 Å². The van der Waals surface area contributed by atoms with Crippen molar-refractivity contribution in [3.05, 3.63) is 53.1 Å². The lowest BCUT2D eigenvalue weighted by Crippen LogP contribution is -2.32. The van der Waals surface area contributed by atoms with E-state index in [9.17, 15) is 4.79 Å². The van der Waals surface area contributed by atoms with E-state index in [1.807, 2.05) is 11.9 Å². The third-order valence-electron chi connectivity index (χ3n) is 6.77. The second-order valence-electron chi connectivity index (χ2n) is 8.80. The summed E-state index contributed by atoms with van der Waals surface area (Å²) in [5, 5.41) is 4.62. The van der Waals surface area contributed by atoms with Gasteiger partial charge in [-0.25, -0.2) is 9.97 Å². The van der Waals surface area contributed by atoms with Gasteiger partial charge in [-0.3, -0.25) is 9.69 Å². The Hall–Kier alpha value is -2.93. The molecule has 7 heteroatoms. The monoisotopic (exact) mass is 418 g/mol. The van der Waals surface area contributed by atoms with Gasteiger partial charge in [-0.15, -0.1) is 0 Å². The third-order valence-corrected chi connectivity index (χ3v) is 6.77. The molecule has 0 aliphatic carbocycles. The van der Waals surface area contributed by atoms with Crippen LogP contribution < -0.4 is 5.32 Å². The van der Waals surface area contributed by atoms with Gasteiger partial charge < -0.3 is 14.8 Å². The molecule has 0 bridgehead atoms. The van der Waals surface area contributed by atoms with Gasteiger partial charge in [0, 0.05) is 82.3 Å². The Morgan fingerprint density at radius 3 is 2.84 bits per heavy atom. The highest BCUT2D eigenvalue weighted by Crippen LogP contribution is 2.31. The lowest BCUT2D eigenvalue weighted by molar-refractivity contribution is -0.127. The number of fused-ring (bicyclic) bond motifs is 2. The predicted octanol–water partition coefficient (Wildman–Crippen LogP) is 2.90. The second-order valence-corrected chi connectivity index (χ2v) is 8.80. The summed E-state index contributed by atoms with van der Waals surface area (Å²) in [5.74, 6) is 2.18. The van der Waals surface area contributed by atoms with Crippen molar-refractivity contribution in [2.24, 2.45) is 7.05 Å². The number of carbonyl (C=O) groups is 1. The Kier molecular flexibility index (Phi) is 5.14. The molecular weight excluding hydrogens is 388 g/mol. The molecule has 2 aliphatic rings. The van der Waals surface area contributed by atoms with E-state index in [-0.39, 0.29) is 11.8 Å². The van der Waals surface area contributed by atoms with Crippen LogP contribution in [0.3, 0.4) is 0 Å². The summed E-state index contributed by atoms with van der Waals surface area (Å²) >= 11 is 0. The van der Waals surface area contributed by atoms with Gasteiger partial charge in [0.15, 0.2) is 0 Å².